The summed E-state index contributed by atoms with van der Waals surface area (Å²) in [5, 5.41) is 3.07. The Morgan fingerprint density at radius 2 is 2.28 bits per heavy atom. The molecule has 2 heterocycles. The minimum Gasteiger partial charge on any atom is -0.376 e. The van der Waals surface area contributed by atoms with Crippen molar-refractivity contribution in [1.29, 1.82) is 0 Å². The molecular formula is C13H24N2O3. The number of nitrogens with zero attached hydrogens (tertiary/aromatic N) is 1. The van der Waals surface area contributed by atoms with E-state index in [9.17, 15) is 4.79 Å². The summed E-state index contributed by atoms with van der Waals surface area (Å²) >= 11 is 0. The van der Waals surface area contributed by atoms with E-state index in [1.807, 2.05) is 11.8 Å². The normalized spacial score (nSPS) is 36.7. The van der Waals surface area contributed by atoms with E-state index in [1.54, 1.807) is 0 Å². The predicted octanol–water partition coefficient (Wildman–Crippen LogP) is 1.37. The van der Waals surface area contributed by atoms with Crippen LogP contribution in [-0.2, 0) is 9.47 Å². The van der Waals surface area contributed by atoms with Crippen LogP contribution in [0, 0.1) is 0 Å². The summed E-state index contributed by atoms with van der Waals surface area (Å²) in [6, 6.07) is 0.161. The third-order valence-corrected chi connectivity index (χ3v) is 4.06. The average Bonchev–Trinajstić information content (AvgIpc) is 2.75. The molecule has 104 valence electrons. The number of hydrogen-bond acceptors (Lipinski definition) is 3. The Kier molecular flexibility index (Phi) is 4.12. The first kappa shape index (κ1) is 13.6. The predicted molar refractivity (Wildman–Crippen MR) is 68.6 cm³/mol. The third-order valence-electron chi connectivity index (χ3n) is 4.06. The van der Waals surface area contributed by atoms with Crippen molar-refractivity contribution < 1.29 is 14.3 Å². The maximum Gasteiger partial charge on any atom is 0.317 e. The van der Waals surface area contributed by atoms with Gasteiger partial charge in [0.1, 0.15) is 0 Å². The van der Waals surface area contributed by atoms with Crippen molar-refractivity contribution in [1.82, 2.24) is 10.2 Å². The van der Waals surface area contributed by atoms with Gasteiger partial charge in [0.15, 0.2) is 0 Å². The zero-order chi connectivity index (χ0) is 13.2. The summed E-state index contributed by atoms with van der Waals surface area (Å²) in [5.74, 6) is 0. The molecule has 0 spiro atoms. The van der Waals surface area contributed by atoms with Crippen molar-refractivity contribution in [3.63, 3.8) is 0 Å². The molecule has 0 unspecified atom stereocenters. The lowest BCUT2D eigenvalue weighted by atomic mass is 10.0. The second-order valence-corrected chi connectivity index (χ2v) is 5.49. The highest BCUT2D eigenvalue weighted by Crippen LogP contribution is 2.21. The van der Waals surface area contributed by atoms with Gasteiger partial charge in [-0.3, -0.25) is 0 Å². The monoisotopic (exact) mass is 256 g/mol. The highest BCUT2D eigenvalue weighted by Gasteiger charge is 2.34. The van der Waals surface area contributed by atoms with Crippen molar-refractivity contribution in [3.8, 4) is 0 Å². The van der Waals surface area contributed by atoms with Crippen molar-refractivity contribution in [2.24, 2.45) is 0 Å². The lowest BCUT2D eigenvalue weighted by Crippen LogP contribution is -2.56. The van der Waals surface area contributed by atoms with Crippen molar-refractivity contribution in [2.45, 2.75) is 51.4 Å². The summed E-state index contributed by atoms with van der Waals surface area (Å²) in [6.07, 6.45) is 1.94. The molecule has 2 fully saturated rings. The highest BCUT2D eigenvalue weighted by atomic mass is 16.5. The number of urea groups is 1. The number of carbonyl (C=O) groups excluding carboxylic acids is 1. The fraction of sp³-hybridized carbons (Fsp3) is 0.923. The highest BCUT2D eigenvalue weighted by molar-refractivity contribution is 5.74. The molecule has 0 aromatic heterocycles. The number of carbonyl (C=O) groups is 1. The van der Waals surface area contributed by atoms with Crippen molar-refractivity contribution in [3.05, 3.63) is 0 Å². The minimum atomic E-state index is -0.201. The van der Waals surface area contributed by atoms with Crippen LogP contribution in [0.15, 0.2) is 0 Å². The van der Waals surface area contributed by atoms with E-state index in [1.165, 1.54) is 0 Å². The maximum absolute atomic E-state index is 12.2. The van der Waals surface area contributed by atoms with Gasteiger partial charge in [0.05, 0.1) is 30.9 Å². The van der Waals surface area contributed by atoms with Crippen LogP contribution in [0.5, 0.6) is 0 Å². The lowest BCUT2D eigenvalue weighted by Gasteiger charge is -2.40. The Labute approximate surface area is 109 Å². The summed E-state index contributed by atoms with van der Waals surface area (Å²) < 4.78 is 11.2. The molecule has 0 aromatic carbocycles. The Morgan fingerprint density at radius 3 is 2.89 bits per heavy atom. The Morgan fingerprint density at radius 1 is 1.50 bits per heavy atom. The second kappa shape index (κ2) is 5.45. The minimum absolute atomic E-state index is 0.0142. The SMILES string of the molecule is CC[C@]1(C)CN(C(=O)N[C@@H]2CCO[C@@H]2C)CCO1. The van der Waals surface area contributed by atoms with E-state index in [-0.39, 0.29) is 23.8 Å². The standard InChI is InChI=1S/C13H24N2O3/c1-4-13(3)9-15(6-8-18-13)12(16)14-11-5-7-17-10(11)2/h10-11H,4-9H2,1-3H3,(H,14,16)/t10-,11-,13-/m1/s1. The van der Waals surface area contributed by atoms with Crippen LogP contribution in [0.2, 0.25) is 0 Å². The lowest BCUT2D eigenvalue weighted by molar-refractivity contribution is -0.0875. The first-order valence-corrected chi connectivity index (χ1v) is 6.85. The molecule has 3 atom stereocenters. The van der Waals surface area contributed by atoms with Gasteiger partial charge in [-0.05, 0) is 26.7 Å². The largest absolute Gasteiger partial charge is 0.376 e. The topological polar surface area (TPSA) is 50.8 Å². The van der Waals surface area contributed by atoms with E-state index in [0.29, 0.717) is 19.7 Å². The Hall–Kier alpha value is -0.810. The first-order valence-electron chi connectivity index (χ1n) is 6.85. The van der Waals surface area contributed by atoms with Crippen LogP contribution >= 0.6 is 0 Å². The summed E-state index contributed by atoms with van der Waals surface area (Å²) in [4.78, 5) is 14.1. The van der Waals surface area contributed by atoms with Gasteiger partial charge in [0, 0.05) is 13.2 Å². The quantitative estimate of drug-likeness (QED) is 0.812. The van der Waals surface area contributed by atoms with Gasteiger partial charge in [-0.15, -0.1) is 0 Å². The molecule has 0 bridgehead atoms. The summed E-state index contributed by atoms with van der Waals surface area (Å²) in [6.45, 7) is 8.85. The van der Waals surface area contributed by atoms with Gasteiger partial charge in [-0.2, -0.15) is 0 Å². The molecule has 2 aliphatic heterocycles. The van der Waals surface area contributed by atoms with E-state index >= 15 is 0 Å². The van der Waals surface area contributed by atoms with Crippen LogP contribution in [-0.4, -0.2) is 55.0 Å². The van der Waals surface area contributed by atoms with E-state index in [2.05, 4.69) is 19.2 Å². The van der Waals surface area contributed by atoms with Gasteiger partial charge >= 0.3 is 6.03 Å². The maximum atomic E-state index is 12.2. The first-order chi connectivity index (χ1) is 8.54. The molecule has 1 N–H and O–H groups in total. The fourth-order valence-electron chi connectivity index (χ4n) is 2.49. The van der Waals surface area contributed by atoms with Crippen molar-refractivity contribution in [2.75, 3.05) is 26.3 Å². The van der Waals surface area contributed by atoms with Crippen LogP contribution in [0.25, 0.3) is 0 Å². The van der Waals surface area contributed by atoms with E-state index < -0.39 is 0 Å². The fourth-order valence-corrected chi connectivity index (χ4v) is 2.49. The summed E-state index contributed by atoms with van der Waals surface area (Å²) in [7, 11) is 0. The zero-order valence-electron chi connectivity index (χ0n) is 11.6. The van der Waals surface area contributed by atoms with Crippen LogP contribution < -0.4 is 5.32 Å². The van der Waals surface area contributed by atoms with Gasteiger partial charge in [-0.1, -0.05) is 6.92 Å². The average molecular weight is 256 g/mol. The molecule has 0 aliphatic carbocycles. The van der Waals surface area contributed by atoms with Crippen LogP contribution in [0.1, 0.15) is 33.6 Å². The number of ether oxygens (including phenoxy) is 2. The molecule has 0 radical (unpaired) electrons. The molecule has 2 rings (SSSR count). The summed E-state index contributed by atoms with van der Waals surface area (Å²) in [5.41, 5.74) is -0.201. The number of morpholine rings is 1. The van der Waals surface area contributed by atoms with Crippen LogP contribution in [0.3, 0.4) is 0 Å². The molecule has 2 saturated heterocycles. The van der Waals surface area contributed by atoms with Gasteiger partial charge < -0.3 is 19.7 Å². The van der Waals surface area contributed by atoms with E-state index in [4.69, 9.17) is 9.47 Å². The number of rotatable bonds is 2. The van der Waals surface area contributed by atoms with Gasteiger partial charge in [0.25, 0.3) is 0 Å². The zero-order valence-corrected chi connectivity index (χ0v) is 11.6. The third kappa shape index (κ3) is 2.95. The van der Waals surface area contributed by atoms with Crippen LogP contribution in [0.4, 0.5) is 4.79 Å². The molecule has 5 heteroatoms. The smallest absolute Gasteiger partial charge is 0.317 e. The molecule has 2 aliphatic rings. The molecule has 2 amide bonds. The molecule has 0 aromatic rings. The van der Waals surface area contributed by atoms with Crippen molar-refractivity contribution >= 4 is 6.03 Å². The van der Waals surface area contributed by atoms with Gasteiger partial charge in [0.2, 0.25) is 0 Å². The Balaban J connectivity index is 1.88. The van der Waals surface area contributed by atoms with Gasteiger partial charge in [-0.25, -0.2) is 4.79 Å². The molecule has 0 saturated carbocycles. The number of nitrogens with one attached hydrogen (secondary N) is 1. The molecule has 5 nitrogen and oxygen atoms in total. The molecule has 18 heavy (non-hydrogen) atoms. The Bertz CT molecular complexity index is 311. The van der Waals surface area contributed by atoms with E-state index in [0.717, 1.165) is 19.4 Å². The number of amides is 2. The number of hydrogen-bond donors (Lipinski definition) is 1. The molecular weight excluding hydrogens is 232 g/mol. The second-order valence-electron chi connectivity index (χ2n) is 5.49.